The van der Waals surface area contributed by atoms with E-state index in [0.717, 1.165) is 0 Å². The second-order valence-corrected chi connectivity index (χ2v) is 4.18. The van der Waals surface area contributed by atoms with Gasteiger partial charge in [-0.05, 0) is 12.1 Å². The summed E-state index contributed by atoms with van der Waals surface area (Å²) in [4.78, 5) is 3.69. The Kier molecular flexibility index (Phi) is 4.21. The van der Waals surface area contributed by atoms with Gasteiger partial charge in [0.2, 0.25) is 0 Å². The first-order valence-electron chi connectivity index (χ1n) is 5.48. The van der Waals surface area contributed by atoms with Crippen molar-refractivity contribution in [3.05, 3.63) is 40.9 Å². The second kappa shape index (κ2) is 5.89. The molecule has 1 aromatic carbocycles. The first-order valence-corrected chi connectivity index (χ1v) is 5.86. The standard InChI is InChI=1S/C12H11ClF2N4O/c1-20-10-4-6(2-3-7(10)13)17-11-8(14)5-9(15)12(18-11)19-16/h2-5H,16H2,1H3,(H2,17,18,19). The summed E-state index contributed by atoms with van der Waals surface area (Å²) in [5.41, 5.74) is 2.52. The topological polar surface area (TPSA) is 72.2 Å². The minimum absolute atomic E-state index is 0.177. The van der Waals surface area contributed by atoms with E-state index in [1.807, 2.05) is 5.43 Å². The van der Waals surface area contributed by atoms with Crippen molar-refractivity contribution >= 4 is 28.9 Å². The fraction of sp³-hybridized carbons (Fsp3) is 0.0833. The maximum absolute atomic E-state index is 13.6. The molecule has 0 spiro atoms. The average molecular weight is 301 g/mol. The Morgan fingerprint density at radius 3 is 2.55 bits per heavy atom. The zero-order valence-corrected chi connectivity index (χ0v) is 11.1. The van der Waals surface area contributed by atoms with E-state index < -0.39 is 11.6 Å². The fourth-order valence-electron chi connectivity index (χ4n) is 1.53. The quantitative estimate of drug-likeness (QED) is 0.598. The minimum atomic E-state index is -0.885. The maximum Gasteiger partial charge on any atom is 0.178 e. The summed E-state index contributed by atoms with van der Waals surface area (Å²) in [5, 5.41) is 3.10. The lowest BCUT2D eigenvalue weighted by molar-refractivity contribution is 0.415. The number of nitrogens with zero attached hydrogens (tertiary/aromatic N) is 1. The third-order valence-electron chi connectivity index (χ3n) is 2.48. The second-order valence-electron chi connectivity index (χ2n) is 3.77. The van der Waals surface area contributed by atoms with Crippen LogP contribution in [0.1, 0.15) is 0 Å². The largest absolute Gasteiger partial charge is 0.495 e. The van der Waals surface area contributed by atoms with Crippen molar-refractivity contribution in [2.24, 2.45) is 5.84 Å². The third-order valence-corrected chi connectivity index (χ3v) is 2.79. The number of pyridine rings is 1. The molecule has 0 aliphatic rings. The van der Waals surface area contributed by atoms with Gasteiger partial charge in [-0.2, -0.15) is 0 Å². The van der Waals surface area contributed by atoms with Crippen LogP contribution in [0.3, 0.4) is 0 Å². The predicted molar refractivity (Wildman–Crippen MR) is 73.2 cm³/mol. The van der Waals surface area contributed by atoms with Gasteiger partial charge >= 0.3 is 0 Å². The number of hydrogen-bond donors (Lipinski definition) is 3. The highest BCUT2D eigenvalue weighted by Crippen LogP contribution is 2.29. The summed E-state index contributed by atoms with van der Waals surface area (Å²) in [6.45, 7) is 0. The Bertz CT molecular complexity index is 639. The van der Waals surface area contributed by atoms with E-state index in [2.05, 4.69) is 10.3 Å². The first-order chi connectivity index (χ1) is 9.55. The number of hydrogen-bond acceptors (Lipinski definition) is 5. The van der Waals surface area contributed by atoms with E-state index >= 15 is 0 Å². The molecule has 0 saturated carbocycles. The van der Waals surface area contributed by atoms with Crippen LogP contribution in [0.5, 0.6) is 5.75 Å². The van der Waals surface area contributed by atoms with E-state index in [0.29, 0.717) is 22.5 Å². The van der Waals surface area contributed by atoms with Crippen molar-refractivity contribution in [1.29, 1.82) is 0 Å². The highest BCUT2D eigenvalue weighted by atomic mass is 35.5. The lowest BCUT2D eigenvalue weighted by Crippen LogP contribution is -2.12. The summed E-state index contributed by atoms with van der Waals surface area (Å²) in [6, 6.07) is 5.41. The van der Waals surface area contributed by atoms with Crippen LogP contribution < -0.4 is 21.3 Å². The molecular formula is C12H11ClF2N4O. The summed E-state index contributed by atoms with van der Waals surface area (Å²) in [5.74, 6) is 3.32. The van der Waals surface area contributed by atoms with Crippen molar-refractivity contribution in [3.63, 3.8) is 0 Å². The van der Waals surface area contributed by atoms with Crippen molar-refractivity contribution in [3.8, 4) is 5.75 Å². The molecule has 0 bridgehead atoms. The molecule has 106 valence electrons. The van der Waals surface area contributed by atoms with Crippen LogP contribution in [0.2, 0.25) is 5.02 Å². The van der Waals surface area contributed by atoms with E-state index in [4.69, 9.17) is 22.2 Å². The lowest BCUT2D eigenvalue weighted by Gasteiger charge is -2.11. The molecule has 0 aliphatic heterocycles. The zero-order valence-electron chi connectivity index (χ0n) is 10.4. The molecule has 0 saturated heterocycles. The Morgan fingerprint density at radius 2 is 1.90 bits per heavy atom. The molecule has 2 aromatic rings. The molecule has 1 aromatic heterocycles. The molecule has 20 heavy (non-hydrogen) atoms. The number of rotatable bonds is 4. The van der Waals surface area contributed by atoms with Gasteiger partial charge < -0.3 is 15.5 Å². The smallest absolute Gasteiger partial charge is 0.178 e. The van der Waals surface area contributed by atoms with Crippen LogP contribution in [-0.4, -0.2) is 12.1 Å². The molecule has 0 fully saturated rings. The number of nitrogen functional groups attached to an aromatic ring is 1. The highest BCUT2D eigenvalue weighted by Gasteiger charge is 2.12. The number of aromatic nitrogens is 1. The van der Waals surface area contributed by atoms with E-state index in [-0.39, 0.29) is 11.6 Å². The van der Waals surface area contributed by atoms with Crippen LogP contribution in [0, 0.1) is 11.6 Å². The van der Waals surface area contributed by atoms with Gasteiger partial charge in [-0.3, -0.25) is 0 Å². The van der Waals surface area contributed by atoms with Gasteiger partial charge in [-0.1, -0.05) is 11.6 Å². The number of benzene rings is 1. The van der Waals surface area contributed by atoms with Gasteiger partial charge in [0.1, 0.15) is 5.75 Å². The molecule has 1 heterocycles. The average Bonchev–Trinajstić information content (AvgIpc) is 2.43. The number of nitrogens with two attached hydrogens (primary N) is 1. The third kappa shape index (κ3) is 2.89. The number of anilines is 3. The van der Waals surface area contributed by atoms with E-state index in [1.54, 1.807) is 18.2 Å². The molecule has 0 radical (unpaired) electrons. The van der Waals surface area contributed by atoms with Gasteiger partial charge in [0.05, 0.1) is 12.1 Å². The molecule has 2 rings (SSSR count). The molecule has 0 aliphatic carbocycles. The summed E-state index contributed by atoms with van der Waals surface area (Å²) < 4.78 is 31.9. The number of halogens is 3. The van der Waals surface area contributed by atoms with Gasteiger partial charge in [-0.25, -0.2) is 19.6 Å². The van der Waals surface area contributed by atoms with Crippen LogP contribution in [0.25, 0.3) is 0 Å². The Balaban J connectivity index is 2.34. The van der Waals surface area contributed by atoms with Gasteiger partial charge in [0.25, 0.3) is 0 Å². The SMILES string of the molecule is COc1cc(Nc2nc(NN)c(F)cc2F)ccc1Cl. The predicted octanol–water partition coefficient (Wildman–Crippen LogP) is 3.05. The Morgan fingerprint density at radius 1 is 1.20 bits per heavy atom. The summed E-state index contributed by atoms with van der Waals surface area (Å²) >= 11 is 5.88. The number of hydrazine groups is 1. The van der Waals surface area contributed by atoms with Gasteiger partial charge in [0, 0.05) is 17.8 Å². The molecule has 0 amide bonds. The maximum atomic E-state index is 13.6. The molecule has 8 heteroatoms. The zero-order chi connectivity index (χ0) is 14.7. The van der Waals surface area contributed by atoms with Gasteiger partial charge in [-0.15, -0.1) is 0 Å². The first kappa shape index (κ1) is 14.3. The van der Waals surface area contributed by atoms with Crippen molar-refractivity contribution in [2.45, 2.75) is 0 Å². The molecule has 0 unspecified atom stereocenters. The molecule has 0 atom stereocenters. The Hall–Kier alpha value is -2.12. The fourth-order valence-corrected chi connectivity index (χ4v) is 1.72. The van der Waals surface area contributed by atoms with Crippen molar-refractivity contribution < 1.29 is 13.5 Å². The van der Waals surface area contributed by atoms with E-state index in [9.17, 15) is 8.78 Å². The van der Waals surface area contributed by atoms with Crippen LogP contribution in [0.4, 0.5) is 26.1 Å². The van der Waals surface area contributed by atoms with Crippen LogP contribution >= 0.6 is 11.6 Å². The van der Waals surface area contributed by atoms with Crippen LogP contribution in [-0.2, 0) is 0 Å². The van der Waals surface area contributed by atoms with Crippen LogP contribution in [0.15, 0.2) is 24.3 Å². The number of ether oxygens (including phenoxy) is 1. The molecular weight excluding hydrogens is 290 g/mol. The molecule has 5 nitrogen and oxygen atoms in total. The number of nitrogens with one attached hydrogen (secondary N) is 2. The van der Waals surface area contributed by atoms with Crippen molar-refractivity contribution in [2.75, 3.05) is 17.9 Å². The highest BCUT2D eigenvalue weighted by molar-refractivity contribution is 6.32. The minimum Gasteiger partial charge on any atom is -0.495 e. The van der Waals surface area contributed by atoms with Gasteiger partial charge in [0.15, 0.2) is 23.3 Å². The molecule has 4 N–H and O–H groups in total. The Labute approximate surface area is 118 Å². The van der Waals surface area contributed by atoms with E-state index in [1.165, 1.54) is 7.11 Å². The monoisotopic (exact) mass is 300 g/mol. The van der Waals surface area contributed by atoms with Crippen molar-refractivity contribution in [1.82, 2.24) is 4.98 Å². The summed E-state index contributed by atoms with van der Waals surface area (Å²) in [7, 11) is 1.46. The normalized spacial score (nSPS) is 10.2. The summed E-state index contributed by atoms with van der Waals surface area (Å²) in [6.07, 6.45) is 0. The number of methoxy groups -OCH3 is 1. The lowest BCUT2D eigenvalue weighted by atomic mass is 10.3.